The first-order valence-corrected chi connectivity index (χ1v) is 7.96. The highest BCUT2D eigenvalue weighted by molar-refractivity contribution is 9.10. The minimum absolute atomic E-state index is 0.0156. The summed E-state index contributed by atoms with van der Waals surface area (Å²) in [5.74, 6) is 0.0346. The Morgan fingerprint density at radius 1 is 1.35 bits per heavy atom. The molecule has 4 heteroatoms. The molecule has 0 fully saturated rings. The van der Waals surface area contributed by atoms with Crippen LogP contribution in [0.4, 0.5) is 0 Å². The van der Waals surface area contributed by atoms with Gasteiger partial charge in [-0.15, -0.1) is 0 Å². The molecule has 0 saturated carbocycles. The Morgan fingerprint density at radius 2 is 2.05 bits per heavy atom. The fourth-order valence-corrected chi connectivity index (χ4v) is 2.81. The lowest BCUT2D eigenvalue weighted by molar-refractivity contribution is -0.121. The van der Waals surface area contributed by atoms with Crippen LogP contribution in [-0.4, -0.2) is 24.2 Å². The molecule has 0 radical (unpaired) electrons. The topological polar surface area (TPSA) is 49.3 Å². The third-order valence-corrected chi connectivity index (χ3v) is 4.55. The molecule has 0 aliphatic heterocycles. The van der Waals surface area contributed by atoms with Crippen molar-refractivity contribution < 1.29 is 9.90 Å². The molecule has 0 spiro atoms. The number of aliphatic hydroxyl groups excluding tert-OH is 1. The zero-order valence-electron chi connectivity index (χ0n) is 12.3. The normalized spacial score (nSPS) is 11.4. The van der Waals surface area contributed by atoms with Crippen LogP contribution in [-0.2, 0) is 11.2 Å². The number of carbonyl (C=O) groups excluding carboxylic acids is 1. The van der Waals surface area contributed by atoms with Gasteiger partial charge in [-0.1, -0.05) is 41.9 Å². The van der Waals surface area contributed by atoms with E-state index in [0.717, 1.165) is 29.3 Å². The van der Waals surface area contributed by atoms with Crippen LogP contribution in [0.15, 0.2) is 28.7 Å². The number of halogens is 1. The quantitative estimate of drug-likeness (QED) is 0.762. The summed E-state index contributed by atoms with van der Waals surface area (Å²) in [7, 11) is 0. The van der Waals surface area contributed by atoms with Gasteiger partial charge < -0.3 is 10.4 Å². The number of benzene rings is 1. The van der Waals surface area contributed by atoms with Crippen molar-refractivity contribution in [1.29, 1.82) is 0 Å². The molecule has 0 unspecified atom stereocenters. The number of aliphatic hydroxyl groups is 1. The monoisotopic (exact) mass is 341 g/mol. The Balaban J connectivity index is 2.53. The maximum absolute atomic E-state index is 12.0. The lowest BCUT2D eigenvalue weighted by atomic mass is 9.79. The predicted octanol–water partition coefficient (Wildman–Crippen LogP) is 3.30. The van der Waals surface area contributed by atoms with E-state index in [1.807, 2.05) is 24.3 Å². The molecule has 3 nitrogen and oxygen atoms in total. The molecular formula is C16H24BrNO2. The number of hydrogen-bond acceptors (Lipinski definition) is 2. The van der Waals surface area contributed by atoms with Crippen molar-refractivity contribution in [2.45, 2.75) is 39.5 Å². The summed E-state index contributed by atoms with van der Waals surface area (Å²) < 4.78 is 0.986. The van der Waals surface area contributed by atoms with E-state index in [1.54, 1.807) is 0 Å². The number of carbonyl (C=O) groups is 1. The molecule has 0 aromatic heterocycles. The van der Waals surface area contributed by atoms with Gasteiger partial charge in [0.2, 0.25) is 5.91 Å². The summed E-state index contributed by atoms with van der Waals surface area (Å²) in [6.45, 7) is 5.02. The first-order chi connectivity index (χ1) is 9.55. The van der Waals surface area contributed by atoms with Crippen LogP contribution < -0.4 is 5.32 Å². The summed E-state index contributed by atoms with van der Waals surface area (Å²) in [4.78, 5) is 12.0. The second-order valence-corrected chi connectivity index (χ2v) is 6.18. The van der Waals surface area contributed by atoms with Crippen molar-refractivity contribution in [3.05, 3.63) is 34.3 Å². The van der Waals surface area contributed by atoms with Crippen molar-refractivity contribution >= 4 is 21.8 Å². The second kappa shape index (κ2) is 8.42. The van der Waals surface area contributed by atoms with E-state index in [4.69, 9.17) is 0 Å². The van der Waals surface area contributed by atoms with Crippen LogP contribution in [0.3, 0.4) is 0 Å². The molecule has 0 heterocycles. The van der Waals surface area contributed by atoms with Crippen LogP contribution in [0.1, 0.15) is 38.7 Å². The van der Waals surface area contributed by atoms with E-state index in [0.29, 0.717) is 13.0 Å². The first-order valence-electron chi connectivity index (χ1n) is 7.17. The van der Waals surface area contributed by atoms with Crippen LogP contribution in [0.25, 0.3) is 0 Å². The van der Waals surface area contributed by atoms with E-state index >= 15 is 0 Å². The third kappa shape index (κ3) is 5.25. The average molecular weight is 342 g/mol. The summed E-state index contributed by atoms with van der Waals surface area (Å²) in [6.07, 6.45) is 3.04. The molecule has 1 amide bonds. The average Bonchev–Trinajstić information content (AvgIpc) is 2.44. The fraction of sp³-hybridized carbons (Fsp3) is 0.562. The minimum Gasteiger partial charge on any atom is -0.396 e. The highest BCUT2D eigenvalue weighted by atomic mass is 79.9. The highest BCUT2D eigenvalue weighted by Crippen LogP contribution is 2.29. The van der Waals surface area contributed by atoms with E-state index < -0.39 is 0 Å². The molecule has 0 saturated heterocycles. The maximum atomic E-state index is 12.0. The van der Waals surface area contributed by atoms with E-state index in [1.165, 1.54) is 0 Å². The Hall–Kier alpha value is -0.870. The number of nitrogens with one attached hydrogen (secondary N) is 1. The van der Waals surface area contributed by atoms with Gasteiger partial charge in [-0.2, -0.15) is 0 Å². The molecule has 1 aromatic rings. The molecule has 20 heavy (non-hydrogen) atoms. The van der Waals surface area contributed by atoms with Gasteiger partial charge in [0.15, 0.2) is 0 Å². The SMILES string of the molecule is CCC(CC)(CCO)CNC(=O)Cc1cccc(Br)c1. The van der Waals surface area contributed by atoms with Crippen LogP contribution in [0.5, 0.6) is 0 Å². The zero-order valence-corrected chi connectivity index (χ0v) is 13.9. The van der Waals surface area contributed by atoms with E-state index in [2.05, 4.69) is 35.1 Å². The number of amides is 1. The van der Waals surface area contributed by atoms with E-state index in [-0.39, 0.29) is 17.9 Å². The van der Waals surface area contributed by atoms with Gasteiger partial charge in [0.05, 0.1) is 6.42 Å². The highest BCUT2D eigenvalue weighted by Gasteiger charge is 2.25. The van der Waals surface area contributed by atoms with Gasteiger partial charge in [0, 0.05) is 17.6 Å². The Bertz CT molecular complexity index is 430. The Kier molecular flexibility index (Phi) is 7.24. The molecular weight excluding hydrogens is 318 g/mol. The zero-order chi connectivity index (χ0) is 15.0. The van der Waals surface area contributed by atoms with Crippen molar-refractivity contribution in [1.82, 2.24) is 5.32 Å². The Labute approximate surface area is 129 Å². The first kappa shape index (κ1) is 17.2. The molecule has 1 aromatic carbocycles. The van der Waals surface area contributed by atoms with Gasteiger partial charge in [0.25, 0.3) is 0 Å². The van der Waals surface area contributed by atoms with Crippen molar-refractivity contribution in [2.24, 2.45) is 5.41 Å². The van der Waals surface area contributed by atoms with Crippen LogP contribution >= 0.6 is 15.9 Å². The van der Waals surface area contributed by atoms with Gasteiger partial charge in [-0.25, -0.2) is 0 Å². The summed E-state index contributed by atoms with van der Waals surface area (Å²) in [5.41, 5.74) is 1.01. The summed E-state index contributed by atoms with van der Waals surface area (Å²) >= 11 is 3.41. The summed E-state index contributed by atoms with van der Waals surface area (Å²) in [5, 5.41) is 12.2. The summed E-state index contributed by atoms with van der Waals surface area (Å²) in [6, 6.07) is 7.79. The molecule has 1 rings (SSSR count). The molecule has 0 atom stereocenters. The number of hydrogen-bond donors (Lipinski definition) is 2. The van der Waals surface area contributed by atoms with Crippen LogP contribution in [0.2, 0.25) is 0 Å². The van der Waals surface area contributed by atoms with E-state index in [9.17, 15) is 9.90 Å². The molecule has 2 N–H and O–H groups in total. The Morgan fingerprint density at radius 3 is 2.60 bits per heavy atom. The van der Waals surface area contributed by atoms with Gasteiger partial charge in [-0.3, -0.25) is 4.79 Å². The van der Waals surface area contributed by atoms with Gasteiger partial charge in [-0.05, 0) is 42.4 Å². The lowest BCUT2D eigenvalue weighted by Gasteiger charge is -2.31. The third-order valence-electron chi connectivity index (χ3n) is 4.06. The number of rotatable bonds is 8. The van der Waals surface area contributed by atoms with Gasteiger partial charge in [0.1, 0.15) is 0 Å². The lowest BCUT2D eigenvalue weighted by Crippen LogP contribution is -2.38. The maximum Gasteiger partial charge on any atom is 0.224 e. The molecule has 0 aliphatic rings. The minimum atomic E-state index is 0.0156. The van der Waals surface area contributed by atoms with Gasteiger partial charge >= 0.3 is 0 Å². The van der Waals surface area contributed by atoms with Crippen molar-refractivity contribution in [3.8, 4) is 0 Å². The fourth-order valence-electron chi connectivity index (χ4n) is 2.36. The smallest absolute Gasteiger partial charge is 0.224 e. The standard InChI is InChI=1S/C16H24BrNO2/c1-3-16(4-2,8-9-19)12-18-15(20)11-13-6-5-7-14(17)10-13/h5-7,10,19H,3-4,8-9,11-12H2,1-2H3,(H,18,20). The van der Waals surface area contributed by atoms with Crippen LogP contribution in [0, 0.1) is 5.41 Å². The largest absolute Gasteiger partial charge is 0.396 e. The molecule has 0 bridgehead atoms. The molecule has 112 valence electrons. The predicted molar refractivity (Wildman–Crippen MR) is 85.6 cm³/mol. The second-order valence-electron chi connectivity index (χ2n) is 5.26. The molecule has 0 aliphatic carbocycles. The van der Waals surface area contributed by atoms with Crippen molar-refractivity contribution in [2.75, 3.05) is 13.2 Å². The van der Waals surface area contributed by atoms with Crippen molar-refractivity contribution in [3.63, 3.8) is 0 Å².